The largest absolute Gasteiger partial charge is 0.497 e. The normalized spacial score (nSPS) is 9.17. The monoisotopic (exact) mass is 236 g/mol. The summed E-state index contributed by atoms with van der Waals surface area (Å²) in [5, 5.41) is 0. The SMILES string of the molecule is COc1ccc(C#CC(=O)c2ccccc2)cc1. The zero-order chi connectivity index (χ0) is 12.8. The zero-order valence-corrected chi connectivity index (χ0v) is 10.0. The number of ketones is 1. The number of ether oxygens (including phenoxy) is 1. The van der Waals surface area contributed by atoms with E-state index >= 15 is 0 Å². The molecule has 0 fully saturated rings. The van der Waals surface area contributed by atoms with Gasteiger partial charge >= 0.3 is 0 Å². The highest BCUT2D eigenvalue weighted by molar-refractivity contribution is 6.09. The van der Waals surface area contributed by atoms with E-state index in [1.807, 2.05) is 42.5 Å². The summed E-state index contributed by atoms with van der Waals surface area (Å²) in [6.45, 7) is 0. The lowest BCUT2D eigenvalue weighted by Gasteiger charge is -1.97. The van der Waals surface area contributed by atoms with Crippen LogP contribution in [0.25, 0.3) is 0 Å². The third-order valence-electron chi connectivity index (χ3n) is 2.45. The van der Waals surface area contributed by atoms with Gasteiger partial charge in [-0.2, -0.15) is 0 Å². The fourth-order valence-electron chi connectivity index (χ4n) is 1.46. The van der Waals surface area contributed by atoms with Crippen molar-refractivity contribution in [1.82, 2.24) is 0 Å². The van der Waals surface area contributed by atoms with Crippen LogP contribution in [0, 0.1) is 11.8 Å². The summed E-state index contributed by atoms with van der Waals surface area (Å²) in [5.41, 5.74) is 1.40. The van der Waals surface area contributed by atoms with Crippen molar-refractivity contribution in [2.24, 2.45) is 0 Å². The lowest BCUT2D eigenvalue weighted by Crippen LogP contribution is -1.93. The molecule has 0 spiro atoms. The van der Waals surface area contributed by atoms with E-state index in [4.69, 9.17) is 4.74 Å². The number of methoxy groups -OCH3 is 1. The number of hydrogen-bond acceptors (Lipinski definition) is 2. The first-order valence-corrected chi connectivity index (χ1v) is 5.55. The molecule has 2 aromatic carbocycles. The quantitative estimate of drug-likeness (QED) is 0.592. The van der Waals surface area contributed by atoms with E-state index in [2.05, 4.69) is 11.8 Å². The van der Waals surface area contributed by atoms with Gasteiger partial charge in [-0.05, 0) is 30.2 Å². The van der Waals surface area contributed by atoms with Gasteiger partial charge in [-0.15, -0.1) is 0 Å². The topological polar surface area (TPSA) is 26.3 Å². The Balaban J connectivity index is 2.14. The van der Waals surface area contributed by atoms with E-state index in [9.17, 15) is 4.79 Å². The Bertz CT molecular complexity index is 586. The molecule has 2 aromatic rings. The third-order valence-corrected chi connectivity index (χ3v) is 2.45. The first-order chi connectivity index (χ1) is 8.79. The highest BCUT2D eigenvalue weighted by Crippen LogP contribution is 2.10. The van der Waals surface area contributed by atoms with E-state index < -0.39 is 0 Å². The molecular formula is C16H12O2. The summed E-state index contributed by atoms with van der Waals surface area (Å²) in [5.74, 6) is 6.06. The van der Waals surface area contributed by atoms with E-state index in [0.717, 1.165) is 11.3 Å². The van der Waals surface area contributed by atoms with Gasteiger partial charge in [0.05, 0.1) is 7.11 Å². The van der Waals surface area contributed by atoms with Crippen LogP contribution >= 0.6 is 0 Å². The lowest BCUT2D eigenvalue weighted by molar-refractivity contribution is 0.105. The Hall–Kier alpha value is -2.53. The first kappa shape index (κ1) is 11.9. The summed E-state index contributed by atoms with van der Waals surface area (Å²) in [6, 6.07) is 16.3. The van der Waals surface area contributed by atoms with E-state index in [0.29, 0.717) is 5.56 Å². The molecule has 2 nitrogen and oxygen atoms in total. The van der Waals surface area contributed by atoms with Crippen molar-refractivity contribution in [3.05, 3.63) is 65.7 Å². The molecule has 0 heterocycles. The van der Waals surface area contributed by atoms with Crippen LogP contribution < -0.4 is 4.74 Å². The summed E-state index contributed by atoms with van der Waals surface area (Å²) in [4.78, 5) is 11.7. The van der Waals surface area contributed by atoms with Gasteiger partial charge in [0.2, 0.25) is 5.78 Å². The van der Waals surface area contributed by atoms with E-state index in [-0.39, 0.29) is 5.78 Å². The van der Waals surface area contributed by atoms with Gasteiger partial charge in [0, 0.05) is 11.1 Å². The van der Waals surface area contributed by atoms with Gasteiger partial charge in [0.25, 0.3) is 0 Å². The van der Waals surface area contributed by atoms with Crippen LogP contribution in [0.1, 0.15) is 15.9 Å². The molecule has 0 radical (unpaired) electrons. The van der Waals surface area contributed by atoms with Crippen LogP contribution in [0.2, 0.25) is 0 Å². The maximum atomic E-state index is 11.7. The van der Waals surface area contributed by atoms with E-state index in [1.165, 1.54) is 0 Å². The second kappa shape index (κ2) is 5.70. The van der Waals surface area contributed by atoms with Crippen LogP contribution in [0.15, 0.2) is 54.6 Å². The molecule has 0 aliphatic carbocycles. The Morgan fingerprint density at radius 2 is 1.67 bits per heavy atom. The number of carbonyl (C=O) groups is 1. The Labute approximate surface area is 106 Å². The van der Waals surface area contributed by atoms with Gasteiger partial charge in [-0.25, -0.2) is 0 Å². The molecule has 0 aliphatic rings. The van der Waals surface area contributed by atoms with E-state index in [1.54, 1.807) is 19.2 Å². The van der Waals surface area contributed by atoms with Gasteiger partial charge in [0.15, 0.2) is 0 Å². The molecule has 2 heteroatoms. The molecule has 0 unspecified atom stereocenters. The molecule has 0 atom stereocenters. The predicted octanol–water partition coefficient (Wildman–Crippen LogP) is 2.93. The summed E-state index contributed by atoms with van der Waals surface area (Å²) < 4.78 is 5.05. The second-order valence-electron chi connectivity index (χ2n) is 3.67. The van der Waals surface area contributed by atoms with Crippen molar-refractivity contribution in [3.8, 4) is 17.6 Å². The zero-order valence-electron chi connectivity index (χ0n) is 10.0. The van der Waals surface area contributed by atoms with Crippen molar-refractivity contribution < 1.29 is 9.53 Å². The standard InChI is InChI=1S/C16H12O2/c1-18-15-10-7-13(8-11-15)9-12-16(17)14-5-3-2-4-6-14/h2-8,10-11H,1H3. The minimum absolute atomic E-state index is 0.175. The number of benzene rings is 2. The van der Waals surface area contributed by atoms with Crippen molar-refractivity contribution in [2.75, 3.05) is 7.11 Å². The van der Waals surface area contributed by atoms with Gasteiger partial charge < -0.3 is 4.74 Å². The second-order valence-corrected chi connectivity index (χ2v) is 3.67. The van der Waals surface area contributed by atoms with Gasteiger partial charge in [0.1, 0.15) is 5.75 Å². The van der Waals surface area contributed by atoms with Gasteiger partial charge in [-0.3, -0.25) is 4.79 Å². The van der Waals surface area contributed by atoms with Crippen LogP contribution in [-0.4, -0.2) is 12.9 Å². The van der Waals surface area contributed by atoms with Crippen molar-refractivity contribution in [1.29, 1.82) is 0 Å². The molecule has 0 aromatic heterocycles. The highest BCUT2D eigenvalue weighted by Gasteiger charge is 1.99. The smallest absolute Gasteiger partial charge is 0.236 e. The predicted molar refractivity (Wildman–Crippen MR) is 70.6 cm³/mol. The van der Waals surface area contributed by atoms with Crippen LogP contribution in [-0.2, 0) is 0 Å². The van der Waals surface area contributed by atoms with Gasteiger partial charge in [-0.1, -0.05) is 36.3 Å². The fraction of sp³-hybridized carbons (Fsp3) is 0.0625. The number of carbonyl (C=O) groups excluding carboxylic acids is 1. The maximum Gasteiger partial charge on any atom is 0.236 e. The summed E-state index contributed by atoms with van der Waals surface area (Å²) >= 11 is 0. The van der Waals surface area contributed by atoms with Crippen LogP contribution in [0.4, 0.5) is 0 Å². The van der Waals surface area contributed by atoms with Crippen molar-refractivity contribution in [3.63, 3.8) is 0 Å². The Morgan fingerprint density at radius 3 is 2.28 bits per heavy atom. The number of hydrogen-bond donors (Lipinski definition) is 0. The van der Waals surface area contributed by atoms with Crippen LogP contribution in [0.3, 0.4) is 0 Å². The molecule has 0 saturated heterocycles. The van der Waals surface area contributed by atoms with Crippen LogP contribution in [0.5, 0.6) is 5.75 Å². The Morgan fingerprint density at radius 1 is 1.00 bits per heavy atom. The molecule has 88 valence electrons. The molecule has 0 amide bonds. The molecule has 0 saturated carbocycles. The molecule has 2 rings (SSSR count). The first-order valence-electron chi connectivity index (χ1n) is 5.55. The Kier molecular flexibility index (Phi) is 3.78. The summed E-state index contributed by atoms with van der Waals surface area (Å²) in [6.07, 6.45) is 0. The van der Waals surface area contributed by atoms with Crippen molar-refractivity contribution >= 4 is 5.78 Å². The fourth-order valence-corrected chi connectivity index (χ4v) is 1.46. The minimum atomic E-state index is -0.175. The average molecular weight is 236 g/mol. The highest BCUT2D eigenvalue weighted by atomic mass is 16.5. The maximum absolute atomic E-state index is 11.7. The lowest BCUT2D eigenvalue weighted by atomic mass is 10.1. The summed E-state index contributed by atoms with van der Waals surface area (Å²) in [7, 11) is 1.61. The molecular weight excluding hydrogens is 224 g/mol. The molecule has 0 bridgehead atoms. The molecule has 0 aliphatic heterocycles. The molecule has 0 N–H and O–H groups in total. The van der Waals surface area contributed by atoms with Crippen molar-refractivity contribution in [2.45, 2.75) is 0 Å². The minimum Gasteiger partial charge on any atom is -0.497 e. The number of Topliss-reactive ketones (excluding diaryl/α,β-unsaturated/α-hetero) is 1. The molecule has 18 heavy (non-hydrogen) atoms. The average Bonchev–Trinajstić information content (AvgIpc) is 2.46. The third kappa shape index (κ3) is 2.99. The number of rotatable bonds is 2.